The number of aromatic nitrogens is 1. The number of nitrogens with two attached hydrogens (primary N) is 2. The van der Waals surface area contributed by atoms with Crippen LogP contribution in [0.5, 0.6) is 0 Å². The average Bonchev–Trinajstić information content (AvgIpc) is 3.47. The summed E-state index contributed by atoms with van der Waals surface area (Å²) in [5, 5.41) is 2.79. The largest absolute Gasteiger partial charge is 0.464 e. The highest BCUT2D eigenvalue weighted by Gasteiger charge is 2.38. The molecule has 0 aliphatic heterocycles. The van der Waals surface area contributed by atoms with Gasteiger partial charge < -0.3 is 21.2 Å². The van der Waals surface area contributed by atoms with Gasteiger partial charge in [-0.3, -0.25) is 19.3 Å². The number of nitrogens with one attached hydrogen (secondary N) is 1. The van der Waals surface area contributed by atoms with Crippen molar-refractivity contribution in [2.45, 2.75) is 19.5 Å². The quantitative estimate of drug-likeness (QED) is 0.333. The zero-order chi connectivity index (χ0) is 25.8. The third-order valence-corrected chi connectivity index (χ3v) is 6.18. The lowest BCUT2D eigenvalue weighted by Crippen LogP contribution is -2.44. The second-order valence-electron chi connectivity index (χ2n) is 7.82. The minimum absolute atomic E-state index is 0.105. The van der Waals surface area contributed by atoms with Crippen molar-refractivity contribution in [1.29, 1.82) is 0 Å². The van der Waals surface area contributed by atoms with Crippen molar-refractivity contribution in [3.05, 3.63) is 100 Å². The van der Waals surface area contributed by atoms with Gasteiger partial charge in [0.1, 0.15) is 22.2 Å². The molecule has 2 aromatic heterocycles. The first-order chi connectivity index (χ1) is 17.3. The molecule has 5 N–H and O–H groups in total. The van der Waals surface area contributed by atoms with Crippen LogP contribution in [0.4, 0.5) is 15.8 Å². The van der Waals surface area contributed by atoms with Gasteiger partial charge in [-0.1, -0.05) is 42.5 Å². The molecule has 0 radical (unpaired) electrons. The molecule has 0 saturated carbocycles. The predicted octanol–water partition coefficient (Wildman–Crippen LogP) is 3.57. The fourth-order valence-electron chi connectivity index (χ4n) is 3.61. The normalized spacial score (nSPS) is 11.6. The van der Waals surface area contributed by atoms with Gasteiger partial charge in [-0.2, -0.15) is 4.37 Å². The van der Waals surface area contributed by atoms with Gasteiger partial charge in [0.25, 0.3) is 17.7 Å². The summed E-state index contributed by atoms with van der Waals surface area (Å²) < 4.78 is 24.7. The molecule has 0 spiro atoms. The molecule has 4 aromatic rings. The molecule has 0 aliphatic carbocycles. The standard InChI is InChI=1S/C25H22FN5O4S/c1-14-11-12-18(35-14)21(24(33)29-13-15-7-3-2-4-8-15)31(17-10-6-5-9-16(17)26)25(34)22-19(27)20(23(28)32)30-36-22/h2-12,21H,13,27H2,1H3,(H2,28,32)(H,29,33)/t21-/m1/s1. The Morgan fingerprint density at radius 2 is 1.78 bits per heavy atom. The van der Waals surface area contributed by atoms with Crippen LogP contribution in [0.25, 0.3) is 0 Å². The zero-order valence-corrected chi connectivity index (χ0v) is 19.9. The van der Waals surface area contributed by atoms with Crippen LogP contribution in [-0.4, -0.2) is 22.1 Å². The van der Waals surface area contributed by atoms with Crippen LogP contribution in [0, 0.1) is 12.7 Å². The van der Waals surface area contributed by atoms with Crippen molar-refractivity contribution in [1.82, 2.24) is 9.69 Å². The van der Waals surface area contributed by atoms with Gasteiger partial charge in [0.2, 0.25) is 0 Å². The third kappa shape index (κ3) is 4.96. The first kappa shape index (κ1) is 24.6. The van der Waals surface area contributed by atoms with E-state index in [2.05, 4.69) is 9.69 Å². The summed E-state index contributed by atoms with van der Waals surface area (Å²) in [5.74, 6) is -2.56. The zero-order valence-electron chi connectivity index (χ0n) is 19.1. The van der Waals surface area contributed by atoms with E-state index in [1.165, 1.54) is 24.3 Å². The number of rotatable bonds is 8. The van der Waals surface area contributed by atoms with E-state index in [-0.39, 0.29) is 34.3 Å². The molecule has 0 unspecified atom stereocenters. The molecule has 0 aliphatic rings. The van der Waals surface area contributed by atoms with Crippen molar-refractivity contribution in [2.24, 2.45) is 5.73 Å². The molecule has 3 amide bonds. The molecule has 11 heteroatoms. The van der Waals surface area contributed by atoms with Crippen molar-refractivity contribution < 1.29 is 23.2 Å². The van der Waals surface area contributed by atoms with E-state index in [4.69, 9.17) is 15.9 Å². The molecule has 9 nitrogen and oxygen atoms in total. The Kier molecular flexibility index (Phi) is 7.11. The average molecular weight is 508 g/mol. The first-order valence-electron chi connectivity index (χ1n) is 10.8. The summed E-state index contributed by atoms with van der Waals surface area (Å²) in [6.07, 6.45) is 0. The summed E-state index contributed by atoms with van der Waals surface area (Å²) in [6.45, 7) is 1.84. The Hall–Kier alpha value is -4.51. The van der Waals surface area contributed by atoms with Crippen molar-refractivity contribution in [3.63, 3.8) is 0 Å². The van der Waals surface area contributed by atoms with Crippen molar-refractivity contribution in [3.8, 4) is 0 Å². The Balaban J connectivity index is 1.82. The topological polar surface area (TPSA) is 145 Å². The predicted molar refractivity (Wildman–Crippen MR) is 133 cm³/mol. The SMILES string of the molecule is Cc1ccc([C@H](C(=O)NCc2ccccc2)N(C(=O)c2snc(C(N)=O)c2N)c2ccccc2F)o1. The summed E-state index contributed by atoms with van der Waals surface area (Å²) in [7, 11) is 0. The minimum Gasteiger partial charge on any atom is -0.464 e. The molecular formula is C25H22FN5O4S. The van der Waals surface area contributed by atoms with E-state index < -0.39 is 29.6 Å². The van der Waals surface area contributed by atoms with Gasteiger partial charge in [-0.25, -0.2) is 4.39 Å². The number of nitrogens with zero attached hydrogens (tertiary/aromatic N) is 2. The molecular weight excluding hydrogens is 485 g/mol. The first-order valence-corrected chi connectivity index (χ1v) is 11.6. The van der Waals surface area contributed by atoms with Gasteiger partial charge in [0.15, 0.2) is 11.7 Å². The number of anilines is 2. The highest BCUT2D eigenvalue weighted by molar-refractivity contribution is 7.09. The van der Waals surface area contributed by atoms with E-state index in [1.807, 2.05) is 30.3 Å². The Labute approximate surface area is 209 Å². The second kappa shape index (κ2) is 10.4. The lowest BCUT2D eigenvalue weighted by Gasteiger charge is -2.30. The molecule has 2 heterocycles. The van der Waals surface area contributed by atoms with Crippen LogP contribution < -0.4 is 21.7 Å². The van der Waals surface area contributed by atoms with Crippen LogP contribution in [0.3, 0.4) is 0 Å². The highest BCUT2D eigenvalue weighted by Crippen LogP contribution is 2.35. The number of carbonyl (C=O) groups excluding carboxylic acids is 3. The minimum atomic E-state index is -1.41. The highest BCUT2D eigenvalue weighted by atomic mass is 32.1. The molecule has 2 aromatic carbocycles. The number of benzene rings is 2. The van der Waals surface area contributed by atoms with E-state index in [0.717, 1.165) is 16.5 Å². The smallest absolute Gasteiger partial charge is 0.273 e. The number of aryl methyl sites for hydroxylation is 1. The lowest BCUT2D eigenvalue weighted by atomic mass is 10.1. The van der Waals surface area contributed by atoms with Gasteiger partial charge in [0, 0.05) is 6.54 Å². The molecule has 0 bridgehead atoms. The number of hydrogen-bond donors (Lipinski definition) is 3. The van der Waals surface area contributed by atoms with Gasteiger partial charge in [-0.15, -0.1) is 0 Å². The van der Waals surface area contributed by atoms with E-state index >= 15 is 4.39 Å². The van der Waals surface area contributed by atoms with Crippen molar-refractivity contribution >= 4 is 40.6 Å². The molecule has 4 rings (SSSR count). The number of nitrogen functional groups attached to an aromatic ring is 1. The molecule has 0 saturated heterocycles. The number of hydrogen-bond acceptors (Lipinski definition) is 7. The molecule has 0 fully saturated rings. The Morgan fingerprint density at radius 3 is 2.39 bits per heavy atom. The summed E-state index contributed by atoms with van der Waals surface area (Å²) >= 11 is 0.629. The van der Waals surface area contributed by atoms with Gasteiger partial charge >= 0.3 is 0 Å². The van der Waals surface area contributed by atoms with Crippen LogP contribution in [0.15, 0.2) is 71.1 Å². The Morgan fingerprint density at radius 1 is 1.08 bits per heavy atom. The van der Waals surface area contributed by atoms with Gasteiger partial charge in [0.05, 0.1) is 11.4 Å². The number of primary amides is 1. The number of halogens is 1. The maximum Gasteiger partial charge on any atom is 0.273 e. The summed E-state index contributed by atoms with van der Waals surface area (Å²) in [5.41, 5.74) is 11.4. The van der Waals surface area contributed by atoms with Crippen LogP contribution in [-0.2, 0) is 11.3 Å². The number of carbonyl (C=O) groups is 3. The maximum absolute atomic E-state index is 15.1. The van der Waals surface area contributed by atoms with E-state index in [9.17, 15) is 14.4 Å². The van der Waals surface area contributed by atoms with Crippen molar-refractivity contribution in [2.75, 3.05) is 10.6 Å². The fraction of sp³-hybridized carbons (Fsp3) is 0.120. The lowest BCUT2D eigenvalue weighted by molar-refractivity contribution is -0.123. The van der Waals surface area contributed by atoms with Crippen LogP contribution >= 0.6 is 11.5 Å². The monoisotopic (exact) mass is 507 g/mol. The molecule has 184 valence electrons. The number of furan rings is 1. The molecule has 1 atom stereocenters. The third-order valence-electron chi connectivity index (χ3n) is 5.33. The number of amides is 3. The Bertz CT molecular complexity index is 1420. The number of para-hydroxylation sites is 1. The second-order valence-corrected chi connectivity index (χ2v) is 8.59. The molecule has 36 heavy (non-hydrogen) atoms. The van der Waals surface area contributed by atoms with E-state index in [0.29, 0.717) is 17.3 Å². The van der Waals surface area contributed by atoms with Gasteiger partial charge in [-0.05, 0) is 48.3 Å². The summed E-state index contributed by atoms with van der Waals surface area (Å²) in [6, 6.07) is 16.4. The van der Waals surface area contributed by atoms with Crippen LogP contribution in [0.1, 0.15) is 43.3 Å². The van der Waals surface area contributed by atoms with E-state index in [1.54, 1.807) is 13.0 Å². The maximum atomic E-state index is 15.1. The summed E-state index contributed by atoms with van der Waals surface area (Å²) in [4.78, 5) is 39.8. The fourth-order valence-corrected chi connectivity index (χ4v) is 4.35. The van der Waals surface area contributed by atoms with Crippen LogP contribution in [0.2, 0.25) is 0 Å².